The standard InChI is InChI=1S/C16H19NO2/c1-12(16(18)13-8-4-3-5-9-13)17-14-10-6-7-11-15(14)19-2/h3-12,16-18H,1-2H3/t12-,16-/m0/s1. The molecule has 100 valence electrons. The highest BCUT2D eigenvalue weighted by Gasteiger charge is 2.16. The summed E-state index contributed by atoms with van der Waals surface area (Å²) in [6.07, 6.45) is -0.564. The van der Waals surface area contributed by atoms with Crippen molar-refractivity contribution < 1.29 is 9.84 Å². The van der Waals surface area contributed by atoms with E-state index in [1.165, 1.54) is 0 Å². The number of anilines is 1. The third-order valence-corrected chi connectivity index (χ3v) is 3.10. The molecule has 2 aromatic carbocycles. The Balaban J connectivity index is 2.10. The van der Waals surface area contributed by atoms with Crippen molar-refractivity contribution in [2.45, 2.75) is 19.1 Å². The molecule has 2 rings (SSSR count). The van der Waals surface area contributed by atoms with Crippen molar-refractivity contribution in [3.05, 3.63) is 60.2 Å². The topological polar surface area (TPSA) is 41.5 Å². The van der Waals surface area contributed by atoms with Gasteiger partial charge in [-0.05, 0) is 24.6 Å². The fourth-order valence-electron chi connectivity index (χ4n) is 2.03. The molecular formula is C16H19NO2. The second kappa shape index (κ2) is 6.25. The van der Waals surface area contributed by atoms with Crippen LogP contribution in [0.1, 0.15) is 18.6 Å². The average molecular weight is 257 g/mol. The van der Waals surface area contributed by atoms with Crippen LogP contribution in [0, 0.1) is 0 Å². The molecule has 0 radical (unpaired) electrons. The van der Waals surface area contributed by atoms with Gasteiger partial charge in [-0.25, -0.2) is 0 Å². The summed E-state index contributed by atoms with van der Waals surface area (Å²) in [5, 5.41) is 13.6. The quantitative estimate of drug-likeness (QED) is 0.864. The average Bonchev–Trinajstić information content (AvgIpc) is 2.48. The van der Waals surface area contributed by atoms with Crippen molar-refractivity contribution in [3.8, 4) is 5.75 Å². The first-order valence-corrected chi connectivity index (χ1v) is 6.35. The fourth-order valence-corrected chi connectivity index (χ4v) is 2.03. The molecular weight excluding hydrogens is 238 g/mol. The minimum absolute atomic E-state index is 0.112. The molecule has 3 nitrogen and oxygen atoms in total. The number of ether oxygens (including phenoxy) is 1. The maximum absolute atomic E-state index is 10.3. The van der Waals surface area contributed by atoms with E-state index in [-0.39, 0.29) is 6.04 Å². The molecule has 0 aromatic heterocycles. The molecule has 0 unspecified atom stereocenters. The van der Waals surface area contributed by atoms with E-state index < -0.39 is 6.10 Å². The zero-order valence-corrected chi connectivity index (χ0v) is 11.2. The van der Waals surface area contributed by atoms with Crippen LogP contribution >= 0.6 is 0 Å². The Morgan fingerprint density at radius 1 is 1.00 bits per heavy atom. The Kier molecular flexibility index (Phi) is 4.42. The fraction of sp³-hybridized carbons (Fsp3) is 0.250. The van der Waals surface area contributed by atoms with Gasteiger partial charge in [0, 0.05) is 0 Å². The molecule has 0 saturated carbocycles. The first-order chi connectivity index (χ1) is 9.22. The summed E-state index contributed by atoms with van der Waals surface area (Å²) in [6, 6.07) is 17.2. The van der Waals surface area contributed by atoms with E-state index in [0.29, 0.717) is 0 Å². The molecule has 0 spiro atoms. The van der Waals surface area contributed by atoms with E-state index in [9.17, 15) is 5.11 Å². The highest BCUT2D eigenvalue weighted by atomic mass is 16.5. The molecule has 0 aliphatic carbocycles. The lowest BCUT2D eigenvalue weighted by molar-refractivity contribution is 0.160. The summed E-state index contributed by atoms with van der Waals surface area (Å²) in [5.41, 5.74) is 1.78. The predicted octanol–water partition coefficient (Wildman–Crippen LogP) is 3.23. The highest BCUT2D eigenvalue weighted by molar-refractivity contribution is 5.56. The normalized spacial score (nSPS) is 13.6. The summed E-state index contributed by atoms with van der Waals surface area (Å²) in [4.78, 5) is 0. The third-order valence-electron chi connectivity index (χ3n) is 3.10. The van der Waals surface area contributed by atoms with Crippen molar-refractivity contribution >= 4 is 5.69 Å². The lowest BCUT2D eigenvalue weighted by Crippen LogP contribution is -2.24. The second-order valence-corrected chi connectivity index (χ2v) is 4.49. The zero-order valence-electron chi connectivity index (χ0n) is 11.2. The van der Waals surface area contributed by atoms with Crippen molar-refractivity contribution in [1.82, 2.24) is 0 Å². The van der Waals surface area contributed by atoms with Crippen LogP contribution in [0.25, 0.3) is 0 Å². The number of hydrogen-bond acceptors (Lipinski definition) is 3. The van der Waals surface area contributed by atoms with Crippen LogP contribution in [0.15, 0.2) is 54.6 Å². The maximum atomic E-state index is 10.3. The number of nitrogens with one attached hydrogen (secondary N) is 1. The molecule has 0 fully saturated rings. The van der Waals surface area contributed by atoms with Gasteiger partial charge in [0.15, 0.2) is 0 Å². The van der Waals surface area contributed by atoms with Crippen molar-refractivity contribution in [1.29, 1.82) is 0 Å². The largest absolute Gasteiger partial charge is 0.495 e. The van der Waals surface area contributed by atoms with Gasteiger partial charge in [-0.3, -0.25) is 0 Å². The smallest absolute Gasteiger partial charge is 0.141 e. The molecule has 3 heteroatoms. The van der Waals surface area contributed by atoms with Crippen LogP contribution < -0.4 is 10.1 Å². The molecule has 2 atom stereocenters. The van der Waals surface area contributed by atoms with Gasteiger partial charge < -0.3 is 15.2 Å². The van der Waals surface area contributed by atoms with Gasteiger partial charge in [-0.2, -0.15) is 0 Å². The third kappa shape index (κ3) is 3.26. The lowest BCUT2D eigenvalue weighted by Gasteiger charge is -2.22. The van der Waals surface area contributed by atoms with Gasteiger partial charge in [0.2, 0.25) is 0 Å². The summed E-state index contributed by atoms with van der Waals surface area (Å²) in [7, 11) is 1.64. The van der Waals surface area contributed by atoms with Gasteiger partial charge in [0.25, 0.3) is 0 Å². The van der Waals surface area contributed by atoms with E-state index in [1.807, 2.05) is 61.5 Å². The Hall–Kier alpha value is -2.00. The summed E-state index contributed by atoms with van der Waals surface area (Å²) >= 11 is 0. The van der Waals surface area contributed by atoms with Crippen LogP contribution in [-0.2, 0) is 0 Å². The first kappa shape index (κ1) is 13.4. The number of aliphatic hydroxyl groups is 1. The number of benzene rings is 2. The van der Waals surface area contributed by atoms with E-state index in [0.717, 1.165) is 17.0 Å². The molecule has 0 bridgehead atoms. The van der Waals surface area contributed by atoms with E-state index in [1.54, 1.807) is 7.11 Å². The molecule has 2 aromatic rings. The minimum Gasteiger partial charge on any atom is -0.495 e. The second-order valence-electron chi connectivity index (χ2n) is 4.49. The van der Waals surface area contributed by atoms with E-state index in [2.05, 4.69) is 5.32 Å². The Morgan fingerprint density at radius 2 is 1.63 bits per heavy atom. The van der Waals surface area contributed by atoms with Gasteiger partial charge in [-0.15, -0.1) is 0 Å². The van der Waals surface area contributed by atoms with E-state index in [4.69, 9.17) is 4.74 Å². The molecule has 2 N–H and O–H groups in total. The zero-order chi connectivity index (χ0) is 13.7. The number of hydrogen-bond donors (Lipinski definition) is 2. The minimum atomic E-state index is -0.564. The van der Waals surface area contributed by atoms with Crippen LogP contribution in [-0.4, -0.2) is 18.3 Å². The van der Waals surface area contributed by atoms with E-state index >= 15 is 0 Å². The van der Waals surface area contributed by atoms with Crippen LogP contribution in [0.2, 0.25) is 0 Å². The van der Waals surface area contributed by atoms with Gasteiger partial charge in [-0.1, -0.05) is 42.5 Å². The number of aliphatic hydroxyl groups excluding tert-OH is 1. The molecule has 0 aliphatic rings. The summed E-state index contributed by atoms with van der Waals surface area (Å²) in [5.74, 6) is 0.773. The van der Waals surface area contributed by atoms with Crippen LogP contribution in [0.5, 0.6) is 5.75 Å². The monoisotopic (exact) mass is 257 g/mol. The summed E-state index contributed by atoms with van der Waals surface area (Å²) in [6.45, 7) is 1.95. The van der Waals surface area contributed by atoms with Crippen molar-refractivity contribution in [2.75, 3.05) is 12.4 Å². The van der Waals surface area contributed by atoms with Crippen molar-refractivity contribution in [2.24, 2.45) is 0 Å². The lowest BCUT2D eigenvalue weighted by atomic mass is 10.0. The maximum Gasteiger partial charge on any atom is 0.141 e. The number of methoxy groups -OCH3 is 1. The van der Waals surface area contributed by atoms with Gasteiger partial charge in [0.1, 0.15) is 5.75 Å². The molecule has 0 saturated heterocycles. The SMILES string of the molecule is COc1ccccc1N[C@@H](C)[C@H](O)c1ccccc1. The highest BCUT2D eigenvalue weighted by Crippen LogP contribution is 2.26. The first-order valence-electron chi connectivity index (χ1n) is 6.35. The Labute approximate surface area is 113 Å². The molecule has 0 amide bonds. The van der Waals surface area contributed by atoms with Crippen LogP contribution in [0.4, 0.5) is 5.69 Å². The Morgan fingerprint density at radius 3 is 2.32 bits per heavy atom. The molecule has 0 heterocycles. The number of para-hydroxylation sites is 2. The molecule has 19 heavy (non-hydrogen) atoms. The number of rotatable bonds is 5. The molecule has 0 aliphatic heterocycles. The van der Waals surface area contributed by atoms with Crippen molar-refractivity contribution in [3.63, 3.8) is 0 Å². The predicted molar refractivity (Wildman–Crippen MR) is 77.5 cm³/mol. The summed E-state index contributed by atoms with van der Waals surface area (Å²) < 4.78 is 5.29. The van der Waals surface area contributed by atoms with Gasteiger partial charge >= 0.3 is 0 Å². The van der Waals surface area contributed by atoms with Gasteiger partial charge in [0.05, 0.1) is 24.9 Å². The Bertz CT molecular complexity index is 513. The van der Waals surface area contributed by atoms with Crippen LogP contribution in [0.3, 0.4) is 0 Å².